The Labute approximate surface area is 125 Å². The van der Waals surface area contributed by atoms with Gasteiger partial charge in [-0.05, 0) is 48.8 Å². The van der Waals surface area contributed by atoms with Crippen molar-refractivity contribution in [2.45, 2.75) is 46.1 Å². The Morgan fingerprint density at radius 2 is 2.10 bits per heavy atom. The number of nitrogens with two attached hydrogens (primary N) is 1. The summed E-state index contributed by atoms with van der Waals surface area (Å²) in [5, 5.41) is 0.453. The SMILES string of the molecule is CC1CC(OC(=O)c2ccc(Cl)c(N)c2)CC(C)(C)C1. The number of nitrogen functional groups attached to an aromatic ring is 1. The fourth-order valence-electron chi connectivity index (χ4n) is 3.24. The van der Waals surface area contributed by atoms with E-state index < -0.39 is 0 Å². The molecule has 1 aliphatic carbocycles. The Morgan fingerprint density at radius 3 is 2.70 bits per heavy atom. The van der Waals surface area contributed by atoms with Gasteiger partial charge in [-0.3, -0.25) is 0 Å². The second-order valence-electron chi connectivity index (χ2n) is 6.68. The number of carbonyl (C=O) groups excluding carboxylic acids is 1. The predicted octanol–water partition coefficient (Wildman–Crippen LogP) is 4.29. The van der Waals surface area contributed by atoms with Crippen LogP contribution in [0, 0.1) is 11.3 Å². The first-order chi connectivity index (χ1) is 9.27. The largest absolute Gasteiger partial charge is 0.459 e. The Morgan fingerprint density at radius 1 is 1.40 bits per heavy atom. The number of hydrogen-bond acceptors (Lipinski definition) is 3. The number of hydrogen-bond donors (Lipinski definition) is 1. The molecule has 0 heterocycles. The highest BCUT2D eigenvalue weighted by molar-refractivity contribution is 6.33. The van der Waals surface area contributed by atoms with Crippen LogP contribution in [-0.4, -0.2) is 12.1 Å². The van der Waals surface area contributed by atoms with E-state index in [1.165, 1.54) is 6.42 Å². The van der Waals surface area contributed by atoms with Gasteiger partial charge in [0.15, 0.2) is 0 Å². The number of esters is 1. The quantitative estimate of drug-likeness (QED) is 0.654. The normalized spacial score (nSPS) is 25.2. The average Bonchev–Trinajstić information content (AvgIpc) is 2.29. The zero-order valence-corrected chi connectivity index (χ0v) is 13.0. The molecule has 0 aliphatic heterocycles. The van der Waals surface area contributed by atoms with E-state index in [9.17, 15) is 4.79 Å². The van der Waals surface area contributed by atoms with Crippen molar-refractivity contribution in [3.8, 4) is 0 Å². The van der Waals surface area contributed by atoms with Crippen LogP contribution in [0.2, 0.25) is 5.02 Å². The molecule has 1 aromatic rings. The van der Waals surface area contributed by atoms with Gasteiger partial charge in [0.2, 0.25) is 0 Å². The number of rotatable bonds is 2. The lowest BCUT2D eigenvalue weighted by atomic mass is 9.71. The van der Waals surface area contributed by atoms with Gasteiger partial charge in [0.25, 0.3) is 0 Å². The molecule has 110 valence electrons. The Bertz CT molecular complexity index is 513. The smallest absolute Gasteiger partial charge is 0.338 e. The minimum atomic E-state index is -0.316. The minimum Gasteiger partial charge on any atom is -0.459 e. The molecule has 20 heavy (non-hydrogen) atoms. The molecule has 3 nitrogen and oxygen atoms in total. The summed E-state index contributed by atoms with van der Waals surface area (Å²) in [7, 11) is 0. The zero-order valence-electron chi connectivity index (χ0n) is 12.3. The van der Waals surface area contributed by atoms with Gasteiger partial charge < -0.3 is 10.5 Å². The van der Waals surface area contributed by atoms with Crippen molar-refractivity contribution >= 4 is 23.3 Å². The maximum absolute atomic E-state index is 12.2. The van der Waals surface area contributed by atoms with E-state index in [4.69, 9.17) is 22.1 Å². The van der Waals surface area contributed by atoms with E-state index in [-0.39, 0.29) is 17.5 Å². The molecule has 0 bridgehead atoms. The first kappa shape index (κ1) is 15.2. The van der Waals surface area contributed by atoms with Crippen molar-refractivity contribution in [3.05, 3.63) is 28.8 Å². The monoisotopic (exact) mass is 295 g/mol. The Kier molecular flexibility index (Phi) is 4.28. The van der Waals surface area contributed by atoms with Crippen molar-refractivity contribution < 1.29 is 9.53 Å². The van der Waals surface area contributed by atoms with Crippen LogP contribution in [0.1, 0.15) is 50.4 Å². The van der Waals surface area contributed by atoms with Crippen molar-refractivity contribution in [2.24, 2.45) is 11.3 Å². The molecule has 1 aromatic carbocycles. The number of ether oxygens (including phenoxy) is 1. The first-order valence-electron chi connectivity index (χ1n) is 7.03. The lowest BCUT2D eigenvalue weighted by Gasteiger charge is -2.38. The van der Waals surface area contributed by atoms with E-state index in [0.29, 0.717) is 22.2 Å². The molecular formula is C16H22ClNO2. The molecule has 0 saturated heterocycles. The standard InChI is InChI=1S/C16H22ClNO2/c1-10-6-12(9-16(2,3)8-10)20-15(19)11-4-5-13(17)14(18)7-11/h4-5,7,10,12H,6,8-9,18H2,1-3H3. The van der Waals surface area contributed by atoms with E-state index in [2.05, 4.69) is 20.8 Å². The van der Waals surface area contributed by atoms with Crippen LogP contribution in [0.25, 0.3) is 0 Å². The fourth-order valence-corrected chi connectivity index (χ4v) is 3.36. The van der Waals surface area contributed by atoms with Crippen molar-refractivity contribution in [1.82, 2.24) is 0 Å². The molecule has 0 aromatic heterocycles. The van der Waals surface area contributed by atoms with E-state index in [1.54, 1.807) is 18.2 Å². The molecule has 0 spiro atoms. The number of halogens is 1. The third-order valence-electron chi connectivity index (χ3n) is 3.85. The topological polar surface area (TPSA) is 52.3 Å². The molecule has 2 unspecified atom stereocenters. The highest BCUT2D eigenvalue weighted by atomic mass is 35.5. The number of benzene rings is 1. The van der Waals surface area contributed by atoms with Gasteiger partial charge >= 0.3 is 5.97 Å². The van der Waals surface area contributed by atoms with Gasteiger partial charge in [-0.1, -0.05) is 32.4 Å². The first-order valence-corrected chi connectivity index (χ1v) is 7.41. The molecule has 2 atom stereocenters. The van der Waals surface area contributed by atoms with Crippen molar-refractivity contribution in [2.75, 3.05) is 5.73 Å². The highest BCUT2D eigenvalue weighted by Crippen LogP contribution is 2.39. The molecular weight excluding hydrogens is 274 g/mol. The highest BCUT2D eigenvalue weighted by Gasteiger charge is 2.34. The van der Waals surface area contributed by atoms with Crippen LogP contribution in [0.15, 0.2) is 18.2 Å². The van der Waals surface area contributed by atoms with Crippen LogP contribution in [-0.2, 0) is 4.74 Å². The summed E-state index contributed by atoms with van der Waals surface area (Å²) in [5.74, 6) is 0.259. The van der Waals surface area contributed by atoms with Gasteiger partial charge in [0.1, 0.15) is 6.10 Å². The van der Waals surface area contributed by atoms with Gasteiger partial charge in [0.05, 0.1) is 16.3 Å². The second kappa shape index (κ2) is 5.65. The third kappa shape index (κ3) is 3.66. The summed E-state index contributed by atoms with van der Waals surface area (Å²) in [6.07, 6.45) is 3.00. The third-order valence-corrected chi connectivity index (χ3v) is 4.20. The van der Waals surface area contributed by atoms with Crippen LogP contribution in [0.3, 0.4) is 0 Å². The lowest BCUT2D eigenvalue weighted by molar-refractivity contribution is -0.00714. The molecule has 1 aliphatic rings. The number of anilines is 1. The summed E-state index contributed by atoms with van der Waals surface area (Å²) in [5.41, 5.74) is 6.80. The van der Waals surface area contributed by atoms with Gasteiger partial charge in [-0.25, -0.2) is 4.79 Å². The molecule has 4 heteroatoms. The molecule has 1 fully saturated rings. The van der Waals surface area contributed by atoms with Crippen LogP contribution >= 0.6 is 11.6 Å². The predicted molar refractivity (Wildman–Crippen MR) is 81.9 cm³/mol. The van der Waals surface area contributed by atoms with Crippen LogP contribution in [0.5, 0.6) is 0 Å². The molecule has 2 N–H and O–H groups in total. The van der Waals surface area contributed by atoms with E-state index in [0.717, 1.165) is 12.8 Å². The van der Waals surface area contributed by atoms with Crippen LogP contribution < -0.4 is 5.73 Å². The zero-order chi connectivity index (χ0) is 14.9. The van der Waals surface area contributed by atoms with Crippen LogP contribution in [0.4, 0.5) is 5.69 Å². The van der Waals surface area contributed by atoms with Crippen molar-refractivity contribution in [1.29, 1.82) is 0 Å². The van der Waals surface area contributed by atoms with Crippen molar-refractivity contribution in [3.63, 3.8) is 0 Å². The maximum Gasteiger partial charge on any atom is 0.338 e. The molecule has 1 saturated carbocycles. The van der Waals surface area contributed by atoms with Gasteiger partial charge in [-0.15, -0.1) is 0 Å². The summed E-state index contributed by atoms with van der Waals surface area (Å²) >= 11 is 5.86. The molecule has 0 amide bonds. The Balaban J connectivity index is 2.05. The minimum absolute atomic E-state index is 0.0156. The Hall–Kier alpha value is -1.22. The maximum atomic E-state index is 12.2. The summed E-state index contributed by atoms with van der Waals surface area (Å²) in [6, 6.07) is 4.85. The van der Waals surface area contributed by atoms with E-state index >= 15 is 0 Å². The number of carbonyl (C=O) groups is 1. The summed E-state index contributed by atoms with van der Waals surface area (Å²) in [4.78, 5) is 12.2. The molecule has 2 rings (SSSR count). The van der Waals surface area contributed by atoms with Gasteiger partial charge in [-0.2, -0.15) is 0 Å². The summed E-state index contributed by atoms with van der Waals surface area (Å²) in [6.45, 7) is 6.66. The molecule has 0 radical (unpaired) electrons. The lowest BCUT2D eigenvalue weighted by Crippen LogP contribution is -2.34. The second-order valence-corrected chi connectivity index (χ2v) is 7.08. The van der Waals surface area contributed by atoms with E-state index in [1.807, 2.05) is 0 Å². The average molecular weight is 296 g/mol. The fraction of sp³-hybridized carbons (Fsp3) is 0.562. The van der Waals surface area contributed by atoms with Gasteiger partial charge in [0, 0.05) is 0 Å². The summed E-state index contributed by atoms with van der Waals surface area (Å²) < 4.78 is 5.64.